The van der Waals surface area contributed by atoms with Gasteiger partial charge in [-0.25, -0.2) is 0 Å². The summed E-state index contributed by atoms with van der Waals surface area (Å²) in [4.78, 5) is 27.6. The molecule has 5 rings (SSSR count). The molecule has 0 aromatic rings. The van der Waals surface area contributed by atoms with Gasteiger partial charge in [0, 0.05) is 24.4 Å². The van der Waals surface area contributed by atoms with Gasteiger partial charge < -0.3 is 16.2 Å². The maximum absolute atomic E-state index is 14.4. The largest absolute Gasteiger partial charge is 0.393 e. The van der Waals surface area contributed by atoms with E-state index < -0.39 is 5.41 Å². The Hall–Kier alpha value is -0.910. The lowest BCUT2D eigenvalue weighted by Gasteiger charge is -2.70. The van der Waals surface area contributed by atoms with Gasteiger partial charge in [-0.2, -0.15) is 0 Å². The number of nitrogens with two attached hydrogens (primary N) is 1. The second-order valence-corrected chi connectivity index (χ2v) is 15.7. The molecule has 4 fully saturated rings. The van der Waals surface area contributed by atoms with Crippen LogP contribution >= 0.6 is 12.4 Å². The number of carbonyl (C=O) groups is 2. The monoisotopic (exact) mass is 548 g/mol. The van der Waals surface area contributed by atoms with E-state index in [4.69, 9.17) is 5.73 Å². The molecular weight excluding hydrogens is 496 g/mol. The van der Waals surface area contributed by atoms with Crippen LogP contribution in [-0.2, 0) is 9.59 Å². The fourth-order valence-corrected chi connectivity index (χ4v) is 10.8. The second kappa shape index (κ2) is 9.31. The molecule has 1 amide bonds. The molecule has 9 atom stereocenters. The van der Waals surface area contributed by atoms with E-state index in [1.54, 1.807) is 0 Å². The number of hydrogen-bond donors (Lipinski definition) is 3. The van der Waals surface area contributed by atoms with Crippen LogP contribution in [-0.4, -0.2) is 36.0 Å². The summed E-state index contributed by atoms with van der Waals surface area (Å²) in [6.45, 7) is 17.2. The predicted molar refractivity (Wildman–Crippen MR) is 155 cm³/mol. The van der Waals surface area contributed by atoms with Gasteiger partial charge in [0.05, 0.1) is 6.10 Å². The molecule has 0 spiro atoms. The van der Waals surface area contributed by atoms with Crippen LogP contribution in [0.1, 0.15) is 106 Å². The number of hydrogen-bond acceptors (Lipinski definition) is 4. The Labute approximate surface area is 236 Å². The molecule has 5 nitrogen and oxygen atoms in total. The molecule has 0 aromatic heterocycles. The van der Waals surface area contributed by atoms with Crippen LogP contribution in [0.4, 0.5) is 0 Å². The van der Waals surface area contributed by atoms with Gasteiger partial charge in [0.25, 0.3) is 0 Å². The molecule has 216 valence electrons. The first-order valence-electron chi connectivity index (χ1n) is 15.0. The molecule has 4 N–H and O–H groups in total. The summed E-state index contributed by atoms with van der Waals surface area (Å²) >= 11 is 0. The molecule has 0 bridgehead atoms. The molecule has 0 aromatic carbocycles. The quantitative estimate of drug-likeness (QED) is 0.414. The van der Waals surface area contributed by atoms with E-state index >= 15 is 0 Å². The van der Waals surface area contributed by atoms with Gasteiger partial charge in [-0.05, 0) is 103 Å². The van der Waals surface area contributed by atoms with E-state index in [-0.39, 0.29) is 63.3 Å². The first-order chi connectivity index (χ1) is 17.1. The lowest BCUT2D eigenvalue weighted by Crippen LogP contribution is -2.66. The predicted octanol–water partition coefficient (Wildman–Crippen LogP) is 5.82. The third kappa shape index (κ3) is 3.84. The van der Waals surface area contributed by atoms with Gasteiger partial charge in [-0.15, -0.1) is 12.4 Å². The average Bonchev–Trinajstić information content (AvgIpc) is 2.82. The molecule has 0 saturated heterocycles. The third-order valence-electron chi connectivity index (χ3n) is 13.5. The number of aliphatic hydroxyl groups is 1. The lowest BCUT2D eigenvalue weighted by atomic mass is 9.33. The minimum atomic E-state index is -0.424. The van der Waals surface area contributed by atoms with Crippen molar-refractivity contribution < 1.29 is 14.7 Å². The fourth-order valence-electron chi connectivity index (χ4n) is 10.8. The van der Waals surface area contributed by atoms with E-state index in [0.29, 0.717) is 24.8 Å². The van der Waals surface area contributed by atoms with Crippen molar-refractivity contribution in [1.82, 2.24) is 5.32 Å². The van der Waals surface area contributed by atoms with E-state index in [0.717, 1.165) is 57.8 Å². The van der Waals surface area contributed by atoms with Crippen molar-refractivity contribution in [2.24, 2.45) is 56.0 Å². The number of ketones is 1. The Balaban J connectivity index is 0.00000336. The number of amides is 1. The van der Waals surface area contributed by atoms with E-state index in [1.165, 1.54) is 5.57 Å². The van der Waals surface area contributed by atoms with Gasteiger partial charge in [0.1, 0.15) is 0 Å². The summed E-state index contributed by atoms with van der Waals surface area (Å²) < 4.78 is 0. The zero-order valence-electron chi connectivity index (χ0n) is 24.9. The third-order valence-corrected chi connectivity index (χ3v) is 13.5. The van der Waals surface area contributed by atoms with E-state index in [1.807, 2.05) is 0 Å². The summed E-state index contributed by atoms with van der Waals surface area (Å²) in [5.41, 5.74) is 6.32. The molecule has 38 heavy (non-hydrogen) atoms. The van der Waals surface area contributed by atoms with Crippen molar-refractivity contribution in [2.45, 2.75) is 112 Å². The zero-order chi connectivity index (χ0) is 27.2. The highest BCUT2D eigenvalue weighted by molar-refractivity contribution is 5.95. The molecule has 4 saturated carbocycles. The molecule has 5 aliphatic carbocycles. The number of carbonyl (C=O) groups excluding carboxylic acids is 2. The summed E-state index contributed by atoms with van der Waals surface area (Å²) in [5.74, 6) is 1.04. The number of rotatable bonds is 3. The minimum absolute atomic E-state index is 0. The summed E-state index contributed by atoms with van der Waals surface area (Å²) in [7, 11) is 0. The van der Waals surface area contributed by atoms with Crippen LogP contribution in [0.2, 0.25) is 0 Å². The van der Waals surface area contributed by atoms with Crippen LogP contribution in [0.3, 0.4) is 0 Å². The standard InChI is InChI=1S/C32H52N2O3.ClH/c1-27(2)23-8-11-32(7)25(30(23,5)10-9-24(27)36)22(35)18-20-21-19-29(4,26(37)34-17-16-33)13-12-28(21,3)14-15-31(20,32)6;/h18,21,23-25,36H,8-17,19,33H2,1-7H3,(H,34,37);1H/t21?,23-,24-,25+,28+,29-,30-,31+,32+;/m0./s1. The molecule has 0 radical (unpaired) electrons. The number of allylic oxidation sites excluding steroid dienone is 2. The number of halogens is 1. The average molecular weight is 549 g/mol. The van der Waals surface area contributed by atoms with Gasteiger partial charge in [0.15, 0.2) is 5.78 Å². The topological polar surface area (TPSA) is 92.4 Å². The molecule has 0 aliphatic heterocycles. The maximum Gasteiger partial charge on any atom is 0.226 e. The Bertz CT molecular complexity index is 1030. The fraction of sp³-hybridized carbons (Fsp3) is 0.875. The number of aliphatic hydroxyl groups excluding tert-OH is 1. The normalized spacial score (nSPS) is 49.3. The zero-order valence-corrected chi connectivity index (χ0v) is 25.7. The highest BCUT2D eigenvalue weighted by Crippen LogP contribution is 2.75. The number of fused-ring (bicyclic) bond motifs is 7. The highest BCUT2D eigenvalue weighted by atomic mass is 35.5. The van der Waals surface area contributed by atoms with Gasteiger partial charge >= 0.3 is 0 Å². The van der Waals surface area contributed by atoms with Crippen molar-refractivity contribution in [3.05, 3.63) is 11.6 Å². The maximum atomic E-state index is 14.4. The molecular formula is C32H53ClN2O3. The Morgan fingerprint density at radius 3 is 2.32 bits per heavy atom. The SMILES string of the molecule is CC1(C)[C@@H](O)CC[C@]2(C)[C@H]3C(=O)C=C4C5C[C@@](C)(C(=O)NCCN)CC[C@]5(C)CC[C@@]4(C)[C@]3(C)CC[C@@H]12.Cl. The summed E-state index contributed by atoms with van der Waals surface area (Å²) in [6.07, 6.45) is 10.6. The van der Waals surface area contributed by atoms with Crippen LogP contribution in [0.15, 0.2) is 11.6 Å². The van der Waals surface area contributed by atoms with Crippen LogP contribution in [0.25, 0.3) is 0 Å². The van der Waals surface area contributed by atoms with Crippen molar-refractivity contribution in [2.75, 3.05) is 13.1 Å². The van der Waals surface area contributed by atoms with Crippen molar-refractivity contribution in [3.8, 4) is 0 Å². The van der Waals surface area contributed by atoms with Gasteiger partial charge in [-0.3, -0.25) is 9.59 Å². The van der Waals surface area contributed by atoms with E-state index in [9.17, 15) is 14.7 Å². The smallest absolute Gasteiger partial charge is 0.226 e. The van der Waals surface area contributed by atoms with Gasteiger partial charge in [0.2, 0.25) is 5.91 Å². The first-order valence-corrected chi connectivity index (χ1v) is 15.0. The first kappa shape index (κ1) is 30.1. The molecule has 5 aliphatic rings. The molecule has 1 unspecified atom stereocenters. The lowest BCUT2D eigenvalue weighted by molar-refractivity contribution is -0.202. The van der Waals surface area contributed by atoms with Crippen molar-refractivity contribution in [1.29, 1.82) is 0 Å². The Morgan fingerprint density at radius 1 is 1.00 bits per heavy atom. The van der Waals surface area contributed by atoms with Crippen molar-refractivity contribution in [3.63, 3.8) is 0 Å². The molecule has 6 heteroatoms. The molecule has 0 heterocycles. The number of nitrogens with one attached hydrogen (secondary N) is 1. The van der Waals surface area contributed by atoms with Crippen LogP contribution < -0.4 is 11.1 Å². The second-order valence-electron chi connectivity index (χ2n) is 15.7. The van der Waals surface area contributed by atoms with Crippen LogP contribution in [0.5, 0.6) is 0 Å². The Morgan fingerprint density at radius 2 is 1.66 bits per heavy atom. The minimum Gasteiger partial charge on any atom is -0.393 e. The summed E-state index contributed by atoms with van der Waals surface area (Å²) in [6, 6.07) is 0. The van der Waals surface area contributed by atoms with E-state index in [2.05, 4.69) is 59.9 Å². The van der Waals surface area contributed by atoms with Crippen molar-refractivity contribution >= 4 is 24.1 Å². The summed E-state index contributed by atoms with van der Waals surface area (Å²) in [5, 5.41) is 14.0. The highest BCUT2D eigenvalue weighted by Gasteiger charge is 2.70. The van der Waals surface area contributed by atoms with Gasteiger partial charge in [-0.1, -0.05) is 54.0 Å². The van der Waals surface area contributed by atoms with Crippen LogP contribution in [0, 0.1) is 50.2 Å². The Kier molecular flexibility index (Phi) is 7.36.